The summed E-state index contributed by atoms with van der Waals surface area (Å²) in [6.07, 6.45) is 5.59. The molecule has 4 nitrogen and oxygen atoms in total. The van der Waals surface area contributed by atoms with Crippen molar-refractivity contribution in [3.05, 3.63) is 0 Å². The first kappa shape index (κ1) is 14.8. The molecule has 1 N–H and O–H groups in total. The molecule has 0 saturated heterocycles. The van der Waals surface area contributed by atoms with E-state index >= 15 is 0 Å². The summed E-state index contributed by atoms with van der Waals surface area (Å²) < 4.78 is 5.30. The monoisotopic (exact) mass is 268 g/mol. The molecule has 2 unspecified atom stereocenters. The zero-order chi connectivity index (χ0) is 13.9. The molecule has 0 aromatic heterocycles. The van der Waals surface area contributed by atoms with E-state index in [0.717, 1.165) is 38.4 Å². The number of likely N-dealkylation sites (N-methyl/N-ethyl adjacent to an activating group) is 1. The van der Waals surface area contributed by atoms with Crippen LogP contribution in [0.1, 0.15) is 52.9 Å². The Morgan fingerprint density at radius 1 is 1.26 bits per heavy atom. The van der Waals surface area contributed by atoms with Crippen molar-refractivity contribution in [2.75, 3.05) is 19.7 Å². The summed E-state index contributed by atoms with van der Waals surface area (Å²) in [5.74, 6) is -0.0498. The van der Waals surface area contributed by atoms with Crippen molar-refractivity contribution in [2.24, 2.45) is 0 Å². The van der Waals surface area contributed by atoms with Crippen molar-refractivity contribution in [2.45, 2.75) is 70.5 Å². The Hall–Kier alpha value is -0.610. The fourth-order valence-corrected chi connectivity index (χ4v) is 3.55. The Kier molecular flexibility index (Phi) is 4.85. The van der Waals surface area contributed by atoms with Crippen LogP contribution in [0.2, 0.25) is 0 Å². The van der Waals surface area contributed by atoms with Gasteiger partial charge in [-0.05, 0) is 52.1 Å². The van der Waals surface area contributed by atoms with E-state index in [9.17, 15) is 4.79 Å². The molecule has 110 valence electrons. The summed E-state index contributed by atoms with van der Waals surface area (Å²) in [7, 11) is 0. The summed E-state index contributed by atoms with van der Waals surface area (Å²) in [5, 5.41) is 3.41. The second-order valence-electron chi connectivity index (χ2n) is 5.79. The summed E-state index contributed by atoms with van der Waals surface area (Å²) in [4.78, 5) is 14.9. The molecule has 2 rings (SSSR count). The van der Waals surface area contributed by atoms with E-state index in [4.69, 9.17) is 4.74 Å². The van der Waals surface area contributed by atoms with E-state index in [1.54, 1.807) is 0 Å². The van der Waals surface area contributed by atoms with E-state index in [1.165, 1.54) is 12.8 Å². The van der Waals surface area contributed by atoms with Crippen LogP contribution in [0.4, 0.5) is 0 Å². The second kappa shape index (κ2) is 6.23. The van der Waals surface area contributed by atoms with Crippen molar-refractivity contribution in [1.29, 1.82) is 0 Å². The summed E-state index contributed by atoms with van der Waals surface area (Å²) >= 11 is 0. The molecule has 0 radical (unpaired) electrons. The molecule has 2 atom stereocenters. The maximum Gasteiger partial charge on any atom is 0.326 e. The zero-order valence-electron chi connectivity index (χ0n) is 12.6. The van der Waals surface area contributed by atoms with E-state index in [0.29, 0.717) is 12.6 Å². The number of ether oxygens (including phenoxy) is 1. The molecule has 0 aromatic rings. The predicted molar refractivity (Wildman–Crippen MR) is 76.1 cm³/mol. The van der Waals surface area contributed by atoms with Crippen molar-refractivity contribution < 1.29 is 9.53 Å². The number of esters is 1. The molecule has 0 aromatic carbocycles. The number of carbonyl (C=O) groups excluding carboxylic acids is 1. The van der Waals surface area contributed by atoms with Gasteiger partial charge in [-0.1, -0.05) is 13.8 Å². The molecule has 2 saturated carbocycles. The highest BCUT2D eigenvalue weighted by Crippen LogP contribution is 2.39. The quantitative estimate of drug-likeness (QED) is 0.716. The van der Waals surface area contributed by atoms with E-state index < -0.39 is 5.54 Å². The van der Waals surface area contributed by atoms with Crippen LogP contribution in [-0.2, 0) is 9.53 Å². The third-order valence-electron chi connectivity index (χ3n) is 4.52. The van der Waals surface area contributed by atoms with E-state index in [-0.39, 0.29) is 5.97 Å². The molecule has 4 heteroatoms. The smallest absolute Gasteiger partial charge is 0.326 e. The minimum absolute atomic E-state index is 0.0498. The maximum atomic E-state index is 12.3. The molecule has 2 aliphatic carbocycles. The SMILES string of the molecule is CCNC1(C(=O)OCC)CCC(N(CC)C2CC2)C1. The summed E-state index contributed by atoms with van der Waals surface area (Å²) in [6, 6.07) is 1.32. The Balaban J connectivity index is 2.03. The lowest BCUT2D eigenvalue weighted by atomic mass is 9.97. The fraction of sp³-hybridized carbons (Fsp3) is 0.933. The van der Waals surface area contributed by atoms with Gasteiger partial charge in [0.2, 0.25) is 0 Å². The van der Waals surface area contributed by atoms with Gasteiger partial charge in [0.15, 0.2) is 0 Å². The van der Waals surface area contributed by atoms with E-state index in [1.807, 2.05) is 6.92 Å². The second-order valence-corrected chi connectivity index (χ2v) is 5.79. The van der Waals surface area contributed by atoms with Gasteiger partial charge in [0.05, 0.1) is 6.61 Å². The zero-order valence-corrected chi connectivity index (χ0v) is 12.6. The molecule has 0 amide bonds. The van der Waals surface area contributed by atoms with Gasteiger partial charge in [0.1, 0.15) is 5.54 Å². The number of carbonyl (C=O) groups is 1. The van der Waals surface area contributed by atoms with Crippen LogP contribution in [0.15, 0.2) is 0 Å². The third-order valence-corrected chi connectivity index (χ3v) is 4.52. The lowest BCUT2D eigenvalue weighted by Gasteiger charge is -2.31. The first-order valence-electron chi connectivity index (χ1n) is 7.84. The van der Waals surface area contributed by atoms with Crippen LogP contribution >= 0.6 is 0 Å². The van der Waals surface area contributed by atoms with Crippen LogP contribution in [0.3, 0.4) is 0 Å². The van der Waals surface area contributed by atoms with Gasteiger partial charge in [-0.3, -0.25) is 9.69 Å². The number of nitrogens with one attached hydrogen (secondary N) is 1. The van der Waals surface area contributed by atoms with Crippen molar-refractivity contribution in [1.82, 2.24) is 10.2 Å². The number of nitrogens with zero attached hydrogens (tertiary/aromatic N) is 1. The lowest BCUT2D eigenvalue weighted by molar-refractivity contribution is -0.151. The minimum atomic E-state index is -0.433. The summed E-state index contributed by atoms with van der Waals surface area (Å²) in [5.41, 5.74) is -0.433. The van der Waals surface area contributed by atoms with Crippen molar-refractivity contribution in [3.63, 3.8) is 0 Å². The van der Waals surface area contributed by atoms with Gasteiger partial charge < -0.3 is 10.1 Å². The Bertz CT molecular complexity index is 317. The van der Waals surface area contributed by atoms with Crippen molar-refractivity contribution in [3.8, 4) is 0 Å². The van der Waals surface area contributed by atoms with Gasteiger partial charge in [-0.25, -0.2) is 0 Å². The first-order valence-corrected chi connectivity index (χ1v) is 7.84. The maximum absolute atomic E-state index is 12.3. The molecule has 0 aliphatic heterocycles. The Morgan fingerprint density at radius 3 is 2.53 bits per heavy atom. The average Bonchev–Trinajstić information content (AvgIpc) is 3.13. The van der Waals surface area contributed by atoms with Crippen LogP contribution in [0, 0.1) is 0 Å². The largest absolute Gasteiger partial charge is 0.465 e. The fourth-order valence-electron chi connectivity index (χ4n) is 3.55. The minimum Gasteiger partial charge on any atom is -0.465 e. The molecule has 2 fully saturated rings. The lowest BCUT2D eigenvalue weighted by Crippen LogP contribution is -2.52. The molecule has 2 aliphatic rings. The molecule has 0 heterocycles. The predicted octanol–water partition coefficient (Wildman–Crippen LogP) is 1.93. The average molecular weight is 268 g/mol. The number of rotatable bonds is 7. The van der Waals surface area contributed by atoms with Gasteiger partial charge in [-0.15, -0.1) is 0 Å². The van der Waals surface area contributed by atoms with Gasteiger partial charge in [0.25, 0.3) is 0 Å². The third kappa shape index (κ3) is 3.11. The highest BCUT2D eigenvalue weighted by atomic mass is 16.5. The van der Waals surface area contributed by atoms with Crippen LogP contribution in [-0.4, -0.2) is 48.2 Å². The highest BCUT2D eigenvalue weighted by Gasteiger charge is 2.48. The Morgan fingerprint density at radius 2 is 2.00 bits per heavy atom. The topological polar surface area (TPSA) is 41.6 Å². The van der Waals surface area contributed by atoms with Crippen LogP contribution < -0.4 is 5.32 Å². The van der Waals surface area contributed by atoms with Gasteiger partial charge in [-0.2, -0.15) is 0 Å². The Labute approximate surface area is 116 Å². The molecular formula is C15H28N2O2. The van der Waals surface area contributed by atoms with Gasteiger partial charge >= 0.3 is 5.97 Å². The summed E-state index contributed by atoms with van der Waals surface area (Å²) in [6.45, 7) is 8.56. The highest BCUT2D eigenvalue weighted by molar-refractivity contribution is 5.81. The number of hydrogen-bond donors (Lipinski definition) is 1. The normalized spacial score (nSPS) is 30.8. The molecule has 0 bridgehead atoms. The number of hydrogen-bond acceptors (Lipinski definition) is 4. The van der Waals surface area contributed by atoms with Crippen LogP contribution in [0.5, 0.6) is 0 Å². The molecular weight excluding hydrogens is 240 g/mol. The molecule has 19 heavy (non-hydrogen) atoms. The molecule has 0 spiro atoms. The van der Waals surface area contributed by atoms with Crippen molar-refractivity contribution >= 4 is 5.97 Å². The van der Waals surface area contributed by atoms with E-state index in [2.05, 4.69) is 24.1 Å². The van der Waals surface area contributed by atoms with Gasteiger partial charge in [0, 0.05) is 12.1 Å². The standard InChI is InChI=1S/C15H28N2O2/c1-4-16-15(14(18)19-6-3)10-9-13(11-15)17(5-2)12-7-8-12/h12-13,16H,4-11H2,1-3H3. The first-order chi connectivity index (χ1) is 9.16. The van der Waals surface area contributed by atoms with Crippen LogP contribution in [0.25, 0.3) is 0 Å².